The number of carbonyl (C=O) groups excluding carboxylic acids is 1. The van der Waals surface area contributed by atoms with Crippen LogP contribution in [-0.2, 0) is 10.2 Å². The van der Waals surface area contributed by atoms with Gasteiger partial charge in [-0.25, -0.2) is 0 Å². The summed E-state index contributed by atoms with van der Waals surface area (Å²) < 4.78 is 0. The molecule has 0 aliphatic heterocycles. The molecule has 0 heterocycles. The van der Waals surface area contributed by atoms with Crippen LogP contribution in [0.3, 0.4) is 0 Å². The summed E-state index contributed by atoms with van der Waals surface area (Å²) in [6.45, 7) is 5.74. The Kier molecular flexibility index (Phi) is 2.90. The van der Waals surface area contributed by atoms with E-state index in [0.717, 1.165) is 18.4 Å². The first-order valence-electron chi connectivity index (χ1n) is 5.51. The lowest BCUT2D eigenvalue weighted by Gasteiger charge is -2.44. The fourth-order valence-electron chi connectivity index (χ4n) is 2.63. The quantitative estimate of drug-likeness (QED) is 0.728. The van der Waals surface area contributed by atoms with Crippen LogP contribution in [0.5, 0.6) is 0 Å². The fraction of sp³-hybridized carbons (Fsp3) is 0.357. The molecule has 1 aliphatic rings. The molecule has 2 rings (SSSR count). The van der Waals surface area contributed by atoms with Crippen LogP contribution in [0, 0.1) is 5.92 Å². The number of hydrogen-bond acceptors (Lipinski definition) is 1. The molecule has 1 aromatic carbocycles. The Morgan fingerprint density at radius 1 is 1.50 bits per heavy atom. The smallest absolute Gasteiger partial charge is 0.146 e. The lowest BCUT2D eigenvalue weighted by molar-refractivity contribution is -0.137. The molecule has 1 fully saturated rings. The van der Waals surface area contributed by atoms with Gasteiger partial charge in [-0.1, -0.05) is 36.7 Å². The van der Waals surface area contributed by atoms with Crippen molar-refractivity contribution in [1.29, 1.82) is 0 Å². The largest absolute Gasteiger partial charge is 0.298 e. The second kappa shape index (κ2) is 4.06. The van der Waals surface area contributed by atoms with Crippen LogP contribution in [0.2, 0.25) is 5.02 Å². The van der Waals surface area contributed by atoms with Crippen LogP contribution in [0.1, 0.15) is 25.3 Å². The molecule has 1 aromatic rings. The standard InChI is InChI=1S/C14H15ClO/c1-3-8-14(9-10(2)13(14)16)11-4-6-12(15)7-5-11/h3-7,10H,1,8-9H2,2H3/t10-,14-/m1/s1. The van der Waals surface area contributed by atoms with Crippen molar-refractivity contribution < 1.29 is 4.79 Å². The number of allylic oxidation sites excluding steroid dienone is 1. The molecule has 0 spiro atoms. The van der Waals surface area contributed by atoms with Crippen molar-refractivity contribution >= 4 is 17.4 Å². The summed E-state index contributed by atoms with van der Waals surface area (Å²) in [5.74, 6) is 0.505. The number of ketones is 1. The summed E-state index contributed by atoms with van der Waals surface area (Å²) in [6, 6.07) is 7.60. The van der Waals surface area contributed by atoms with Gasteiger partial charge in [0.25, 0.3) is 0 Å². The highest BCUT2D eigenvalue weighted by Crippen LogP contribution is 2.47. The van der Waals surface area contributed by atoms with Crippen LogP contribution in [-0.4, -0.2) is 5.78 Å². The average molecular weight is 235 g/mol. The van der Waals surface area contributed by atoms with Crippen molar-refractivity contribution in [3.05, 3.63) is 47.5 Å². The maximum absolute atomic E-state index is 12.1. The van der Waals surface area contributed by atoms with Gasteiger partial charge in [0.2, 0.25) is 0 Å². The summed E-state index contributed by atoms with van der Waals surface area (Å²) in [5.41, 5.74) is 0.742. The topological polar surface area (TPSA) is 17.1 Å². The Morgan fingerprint density at radius 2 is 2.12 bits per heavy atom. The molecule has 0 saturated heterocycles. The molecule has 0 aromatic heterocycles. The van der Waals surface area contributed by atoms with E-state index in [-0.39, 0.29) is 11.3 Å². The molecule has 0 bridgehead atoms. The molecule has 84 valence electrons. The van der Waals surface area contributed by atoms with Crippen molar-refractivity contribution in [3.63, 3.8) is 0 Å². The summed E-state index contributed by atoms with van der Waals surface area (Å²) in [4.78, 5) is 12.1. The molecular formula is C14H15ClO. The lowest BCUT2D eigenvalue weighted by Crippen LogP contribution is -2.50. The summed E-state index contributed by atoms with van der Waals surface area (Å²) in [7, 11) is 0. The first-order chi connectivity index (χ1) is 7.60. The molecule has 0 amide bonds. The van der Waals surface area contributed by atoms with Crippen molar-refractivity contribution in [3.8, 4) is 0 Å². The second-order valence-electron chi connectivity index (χ2n) is 4.55. The third-order valence-electron chi connectivity index (χ3n) is 3.46. The van der Waals surface area contributed by atoms with Gasteiger partial charge in [0.15, 0.2) is 0 Å². The number of rotatable bonds is 3. The van der Waals surface area contributed by atoms with E-state index in [0.29, 0.717) is 10.8 Å². The number of halogens is 1. The third kappa shape index (κ3) is 1.60. The second-order valence-corrected chi connectivity index (χ2v) is 4.99. The minimum atomic E-state index is -0.328. The Balaban J connectivity index is 2.37. The zero-order valence-electron chi connectivity index (χ0n) is 9.37. The summed E-state index contributed by atoms with van der Waals surface area (Å²) in [5, 5.41) is 0.706. The van der Waals surface area contributed by atoms with Crippen molar-refractivity contribution in [2.24, 2.45) is 5.92 Å². The highest BCUT2D eigenvalue weighted by Gasteiger charge is 2.51. The molecule has 0 unspecified atom stereocenters. The van der Waals surface area contributed by atoms with Crippen LogP contribution in [0.25, 0.3) is 0 Å². The molecule has 1 nitrogen and oxygen atoms in total. The van der Waals surface area contributed by atoms with Gasteiger partial charge in [0.1, 0.15) is 5.78 Å². The predicted octanol–water partition coefficient (Wildman–Crippen LogP) is 3.76. The maximum Gasteiger partial charge on any atom is 0.146 e. The number of hydrogen-bond donors (Lipinski definition) is 0. The van der Waals surface area contributed by atoms with Gasteiger partial charge < -0.3 is 0 Å². The van der Waals surface area contributed by atoms with Gasteiger partial charge >= 0.3 is 0 Å². The van der Waals surface area contributed by atoms with E-state index in [9.17, 15) is 4.79 Å². The number of benzene rings is 1. The van der Waals surface area contributed by atoms with E-state index < -0.39 is 0 Å². The third-order valence-corrected chi connectivity index (χ3v) is 3.72. The van der Waals surface area contributed by atoms with Crippen LogP contribution < -0.4 is 0 Å². The molecule has 16 heavy (non-hydrogen) atoms. The maximum atomic E-state index is 12.1. The van der Waals surface area contributed by atoms with Crippen molar-refractivity contribution in [2.45, 2.75) is 25.2 Å². The molecule has 2 heteroatoms. The number of Topliss-reactive ketones (excluding diaryl/α,β-unsaturated/α-hetero) is 1. The zero-order chi connectivity index (χ0) is 11.8. The Hall–Kier alpha value is -1.08. The molecular weight excluding hydrogens is 220 g/mol. The SMILES string of the molecule is C=CC[C@]1(c2ccc(Cl)cc2)C[C@@H](C)C1=O. The van der Waals surface area contributed by atoms with E-state index >= 15 is 0 Å². The van der Waals surface area contributed by atoms with Gasteiger partial charge in [0, 0.05) is 10.9 Å². The Labute approximate surface area is 101 Å². The Bertz CT molecular complexity index is 421. The molecule has 2 atom stereocenters. The molecule has 1 aliphatic carbocycles. The van der Waals surface area contributed by atoms with E-state index in [1.54, 1.807) is 0 Å². The average Bonchev–Trinajstić information content (AvgIpc) is 2.29. The van der Waals surface area contributed by atoms with Gasteiger partial charge in [-0.05, 0) is 30.5 Å². The van der Waals surface area contributed by atoms with Crippen LogP contribution in [0.4, 0.5) is 0 Å². The molecule has 1 saturated carbocycles. The molecule has 0 N–H and O–H groups in total. The number of carbonyl (C=O) groups is 1. The highest BCUT2D eigenvalue weighted by atomic mass is 35.5. The lowest BCUT2D eigenvalue weighted by atomic mass is 9.56. The van der Waals surface area contributed by atoms with E-state index in [1.165, 1.54) is 0 Å². The van der Waals surface area contributed by atoms with E-state index in [2.05, 4.69) is 6.58 Å². The normalized spacial score (nSPS) is 28.6. The first kappa shape index (κ1) is 11.4. The minimum Gasteiger partial charge on any atom is -0.298 e. The van der Waals surface area contributed by atoms with Gasteiger partial charge in [-0.2, -0.15) is 0 Å². The summed E-state index contributed by atoms with van der Waals surface area (Å²) >= 11 is 5.86. The van der Waals surface area contributed by atoms with Crippen LogP contribution in [0.15, 0.2) is 36.9 Å². The monoisotopic (exact) mass is 234 g/mol. The zero-order valence-corrected chi connectivity index (χ0v) is 10.1. The van der Waals surface area contributed by atoms with Gasteiger partial charge in [-0.3, -0.25) is 4.79 Å². The van der Waals surface area contributed by atoms with Gasteiger partial charge in [-0.15, -0.1) is 6.58 Å². The van der Waals surface area contributed by atoms with E-state index in [4.69, 9.17) is 11.6 Å². The van der Waals surface area contributed by atoms with Crippen molar-refractivity contribution in [2.75, 3.05) is 0 Å². The first-order valence-corrected chi connectivity index (χ1v) is 5.89. The van der Waals surface area contributed by atoms with Crippen LogP contribution >= 0.6 is 11.6 Å². The van der Waals surface area contributed by atoms with E-state index in [1.807, 2.05) is 37.3 Å². The Morgan fingerprint density at radius 3 is 2.56 bits per heavy atom. The van der Waals surface area contributed by atoms with Gasteiger partial charge in [0.05, 0.1) is 5.41 Å². The minimum absolute atomic E-state index is 0.177. The predicted molar refractivity (Wildman–Crippen MR) is 66.7 cm³/mol. The fourth-order valence-corrected chi connectivity index (χ4v) is 2.76. The summed E-state index contributed by atoms with van der Waals surface area (Å²) in [6.07, 6.45) is 3.47. The highest BCUT2D eigenvalue weighted by molar-refractivity contribution is 6.30. The molecule has 0 radical (unpaired) electrons. The van der Waals surface area contributed by atoms with Crippen molar-refractivity contribution in [1.82, 2.24) is 0 Å².